The molecule has 0 saturated heterocycles. The standard InChI is InChI=1S/C29H31BrN2O4/c1-6-24(30)16-11-18(2)31-28(35)17-27(21(5)34)32-29(36)23-14-12-22(13-15-23)26-10-8-7-9-25(26)19(3)20(4)33/h6,9-16,27H,2-3,7-8,17H2,1,4-5H3,(H,31,35)(H,32,36)/b16-11-,24-6+. The second-order valence-electron chi connectivity index (χ2n) is 8.35. The highest BCUT2D eigenvalue weighted by atomic mass is 79.9. The van der Waals surface area contributed by atoms with Crippen LogP contribution in [0, 0.1) is 0 Å². The minimum absolute atomic E-state index is 0.0883. The highest BCUT2D eigenvalue weighted by Gasteiger charge is 2.22. The quantitative estimate of drug-likeness (QED) is 0.281. The maximum Gasteiger partial charge on any atom is 0.251 e. The number of carbonyl (C=O) groups is 4. The Morgan fingerprint density at radius 3 is 2.25 bits per heavy atom. The first-order valence-corrected chi connectivity index (χ1v) is 12.3. The van der Waals surface area contributed by atoms with E-state index in [1.165, 1.54) is 13.8 Å². The van der Waals surface area contributed by atoms with Crippen molar-refractivity contribution in [3.8, 4) is 0 Å². The van der Waals surface area contributed by atoms with E-state index in [-0.39, 0.29) is 18.0 Å². The molecule has 0 heterocycles. The third kappa shape index (κ3) is 8.27. The van der Waals surface area contributed by atoms with Crippen LogP contribution in [0.15, 0.2) is 89.1 Å². The maximum atomic E-state index is 12.8. The first kappa shape index (κ1) is 28.7. The molecule has 1 atom stereocenters. The molecule has 1 aromatic carbocycles. The number of Topliss-reactive ketones (excluding diaryl/α,β-unsaturated/α-hetero) is 2. The second kappa shape index (κ2) is 13.5. The van der Waals surface area contributed by atoms with E-state index in [1.54, 1.807) is 36.4 Å². The molecule has 0 fully saturated rings. The summed E-state index contributed by atoms with van der Waals surface area (Å²) >= 11 is 3.33. The van der Waals surface area contributed by atoms with Crippen molar-refractivity contribution in [1.82, 2.24) is 10.6 Å². The fourth-order valence-corrected chi connectivity index (χ4v) is 3.63. The molecular weight excluding hydrogens is 520 g/mol. The summed E-state index contributed by atoms with van der Waals surface area (Å²) in [5, 5.41) is 5.25. The average Bonchev–Trinajstić information content (AvgIpc) is 2.86. The number of halogens is 1. The molecule has 36 heavy (non-hydrogen) atoms. The molecule has 0 spiro atoms. The summed E-state index contributed by atoms with van der Waals surface area (Å²) in [6.45, 7) is 12.3. The van der Waals surface area contributed by atoms with Gasteiger partial charge in [-0.15, -0.1) is 0 Å². The van der Waals surface area contributed by atoms with Crippen LogP contribution in [0.4, 0.5) is 0 Å². The van der Waals surface area contributed by atoms with Gasteiger partial charge in [0.05, 0.1) is 12.5 Å². The predicted octanol–water partition coefficient (Wildman–Crippen LogP) is 5.50. The maximum absolute atomic E-state index is 12.8. The van der Waals surface area contributed by atoms with Crippen molar-refractivity contribution >= 4 is 44.9 Å². The highest BCUT2D eigenvalue weighted by Crippen LogP contribution is 2.32. The zero-order valence-corrected chi connectivity index (χ0v) is 22.4. The van der Waals surface area contributed by atoms with Crippen LogP contribution in [0.1, 0.15) is 56.0 Å². The molecule has 0 saturated carbocycles. The van der Waals surface area contributed by atoms with Gasteiger partial charge in [0, 0.05) is 21.3 Å². The van der Waals surface area contributed by atoms with Crippen LogP contribution in [0.2, 0.25) is 0 Å². The van der Waals surface area contributed by atoms with Gasteiger partial charge in [-0.05, 0) is 74.6 Å². The van der Waals surface area contributed by atoms with Crippen LogP contribution in [0.5, 0.6) is 0 Å². The van der Waals surface area contributed by atoms with Gasteiger partial charge in [-0.2, -0.15) is 0 Å². The number of ketones is 2. The van der Waals surface area contributed by atoms with E-state index in [9.17, 15) is 19.2 Å². The van der Waals surface area contributed by atoms with Gasteiger partial charge in [0.1, 0.15) is 0 Å². The Morgan fingerprint density at radius 2 is 1.67 bits per heavy atom. The number of allylic oxidation sites excluding steroid dienone is 9. The largest absolute Gasteiger partial charge is 0.342 e. The van der Waals surface area contributed by atoms with E-state index in [4.69, 9.17) is 0 Å². The second-order valence-corrected chi connectivity index (χ2v) is 9.26. The van der Waals surface area contributed by atoms with Gasteiger partial charge in [-0.1, -0.05) is 59.4 Å². The van der Waals surface area contributed by atoms with Gasteiger partial charge in [0.15, 0.2) is 11.6 Å². The lowest BCUT2D eigenvalue weighted by atomic mass is 9.86. The van der Waals surface area contributed by atoms with Gasteiger partial charge >= 0.3 is 0 Å². The number of hydrogen-bond acceptors (Lipinski definition) is 4. The summed E-state index contributed by atoms with van der Waals surface area (Å²) in [6.07, 6.45) is 10.7. The lowest BCUT2D eigenvalue weighted by Crippen LogP contribution is -2.43. The molecule has 2 amide bonds. The van der Waals surface area contributed by atoms with Crippen molar-refractivity contribution in [1.29, 1.82) is 0 Å². The Kier molecular flexibility index (Phi) is 10.7. The van der Waals surface area contributed by atoms with Gasteiger partial charge in [0.25, 0.3) is 5.91 Å². The van der Waals surface area contributed by atoms with E-state index >= 15 is 0 Å². The number of benzene rings is 1. The van der Waals surface area contributed by atoms with Gasteiger partial charge in [0.2, 0.25) is 5.91 Å². The molecule has 0 aliphatic heterocycles. The Balaban J connectivity index is 2.07. The van der Waals surface area contributed by atoms with Crippen LogP contribution in [0.3, 0.4) is 0 Å². The Morgan fingerprint density at radius 1 is 1.03 bits per heavy atom. The molecule has 0 aromatic heterocycles. The Bertz CT molecular complexity index is 1200. The van der Waals surface area contributed by atoms with Crippen molar-refractivity contribution in [2.75, 3.05) is 0 Å². The molecule has 1 unspecified atom stereocenters. The average molecular weight is 551 g/mol. The van der Waals surface area contributed by atoms with Crippen LogP contribution < -0.4 is 10.6 Å². The Labute approximate surface area is 220 Å². The summed E-state index contributed by atoms with van der Waals surface area (Å²) in [5.41, 5.74) is 3.74. The first-order valence-electron chi connectivity index (χ1n) is 11.5. The topological polar surface area (TPSA) is 92.3 Å². The van der Waals surface area contributed by atoms with Crippen LogP contribution in [-0.2, 0) is 14.4 Å². The SMILES string of the molecule is C=C(/C=C\C(Br)=C/C)NC(=O)CC(NC(=O)c1ccc(C2=CCCC=C2C(=C)C(C)=O)cc1)C(C)=O. The Hall–Kier alpha value is -3.58. The molecular formula is C29H31BrN2O4. The molecule has 1 aliphatic rings. The molecule has 2 rings (SSSR count). The van der Waals surface area contributed by atoms with Gasteiger partial charge < -0.3 is 10.6 Å². The number of amides is 2. The molecule has 0 radical (unpaired) electrons. The van der Waals surface area contributed by atoms with Gasteiger partial charge in [-0.3, -0.25) is 19.2 Å². The van der Waals surface area contributed by atoms with Crippen LogP contribution in [0.25, 0.3) is 5.57 Å². The van der Waals surface area contributed by atoms with E-state index in [2.05, 4.69) is 45.8 Å². The van der Waals surface area contributed by atoms with Crippen LogP contribution in [-0.4, -0.2) is 29.4 Å². The van der Waals surface area contributed by atoms with Crippen molar-refractivity contribution in [2.45, 2.75) is 46.1 Å². The lowest BCUT2D eigenvalue weighted by molar-refractivity contribution is -0.125. The minimum atomic E-state index is -0.981. The molecule has 1 aromatic rings. The molecule has 0 bridgehead atoms. The smallest absolute Gasteiger partial charge is 0.251 e. The normalized spacial score (nSPS) is 14.4. The lowest BCUT2D eigenvalue weighted by Gasteiger charge is -2.18. The van der Waals surface area contributed by atoms with Crippen molar-refractivity contribution in [2.24, 2.45) is 0 Å². The molecule has 188 valence electrons. The number of nitrogens with one attached hydrogen (secondary N) is 2. The summed E-state index contributed by atoms with van der Waals surface area (Å²) in [5.74, 6) is -1.33. The fourth-order valence-electron chi connectivity index (χ4n) is 3.50. The van der Waals surface area contributed by atoms with E-state index < -0.39 is 17.9 Å². The minimum Gasteiger partial charge on any atom is -0.342 e. The monoisotopic (exact) mass is 550 g/mol. The van der Waals surface area contributed by atoms with Crippen molar-refractivity contribution in [3.05, 3.63) is 100 Å². The van der Waals surface area contributed by atoms with Gasteiger partial charge in [-0.25, -0.2) is 0 Å². The van der Waals surface area contributed by atoms with E-state index in [1.807, 2.05) is 19.1 Å². The fraction of sp³-hybridized carbons (Fsp3) is 0.241. The van der Waals surface area contributed by atoms with Crippen LogP contribution >= 0.6 is 15.9 Å². The zero-order valence-electron chi connectivity index (χ0n) is 20.8. The van der Waals surface area contributed by atoms with E-state index in [0.29, 0.717) is 16.8 Å². The summed E-state index contributed by atoms with van der Waals surface area (Å²) in [7, 11) is 0. The van der Waals surface area contributed by atoms with Crippen molar-refractivity contribution in [3.63, 3.8) is 0 Å². The number of carbonyl (C=O) groups excluding carboxylic acids is 4. The zero-order chi connectivity index (χ0) is 26.8. The summed E-state index contributed by atoms with van der Waals surface area (Å²) < 4.78 is 0.827. The number of hydrogen-bond donors (Lipinski definition) is 2. The molecule has 2 N–H and O–H groups in total. The first-order chi connectivity index (χ1) is 17.0. The summed E-state index contributed by atoms with van der Waals surface area (Å²) in [4.78, 5) is 49.1. The predicted molar refractivity (Wildman–Crippen MR) is 147 cm³/mol. The molecule has 1 aliphatic carbocycles. The third-order valence-electron chi connectivity index (χ3n) is 5.57. The highest BCUT2D eigenvalue weighted by molar-refractivity contribution is 9.11. The number of rotatable bonds is 11. The summed E-state index contributed by atoms with van der Waals surface area (Å²) in [6, 6.07) is 5.91. The third-order valence-corrected chi connectivity index (χ3v) is 6.29. The van der Waals surface area contributed by atoms with Crippen molar-refractivity contribution < 1.29 is 19.2 Å². The van der Waals surface area contributed by atoms with E-state index in [0.717, 1.165) is 34.0 Å². The molecule has 6 nitrogen and oxygen atoms in total. The molecule has 7 heteroatoms.